The average Bonchev–Trinajstić information content (AvgIpc) is 2.23. The van der Waals surface area contributed by atoms with Crippen molar-refractivity contribution in [3.05, 3.63) is 22.2 Å². The van der Waals surface area contributed by atoms with Crippen LogP contribution in [0.4, 0.5) is 11.4 Å². The third kappa shape index (κ3) is 3.52. The molecule has 16 heavy (non-hydrogen) atoms. The fourth-order valence-electron chi connectivity index (χ4n) is 1.34. The molecule has 0 unspecified atom stereocenters. The van der Waals surface area contributed by atoms with E-state index in [1.54, 1.807) is 6.07 Å². The monoisotopic (exact) mass is 284 g/mol. The molecule has 1 aromatic rings. The summed E-state index contributed by atoms with van der Waals surface area (Å²) in [6, 6.07) is 3.69. The van der Waals surface area contributed by atoms with Crippen LogP contribution >= 0.6 is 15.9 Å². The number of halogens is 1. The highest BCUT2D eigenvalue weighted by atomic mass is 79.9. The highest BCUT2D eigenvalue weighted by molar-refractivity contribution is 9.10. The van der Waals surface area contributed by atoms with Crippen molar-refractivity contribution in [2.45, 2.75) is 33.1 Å². The Morgan fingerprint density at radius 1 is 1.50 bits per heavy atom. The van der Waals surface area contributed by atoms with Crippen LogP contribution in [0.5, 0.6) is 0 Å². The number of unbranched alkanes of at least 4 members (excludes halogenated alkanes) is 1. The van der Waals surface area contributed by atoms with Crippen LogP contribution in [0.2, 0.25) is 0 Å². The third-order valence-electron chi connectivity index (χ3n) is 2.39. The molecule has 3 nitrogen and oxygen atoms in total. The first-order valence-electron chi connectivity index (χ1n) is 5.40. The molecule has 1 aromatic carbocycles. The van der Waals surface area contributed by atoms with Crippen molar-refractivity contribution in [2.24, 2.45) is 0 Å². The zero-order valence-corrected chi connectivity index (χ0v) is 11.2. The van der Waals surface area contributed by atoms with Gasteiger partial charge in [0, 0.05) is 16.6 Å². The molecule has 0 bridgehead atoms. The van der Waals surface area contributed by atoms with Gasteiger partial charge in [-0.15, -0.1) is 0 Å². The van der Waals surface area contributed by atoms with E-state index in [4.69, 9.17) is 5.73 Å². The fraction of sp³-hybridized carbons (Fsp3) is 0.417. The molecule has 88 valence electrons. The van der Waals surface area contributed by atoms with Crippen LogP contribution < -0.4 is 11.1 Å². The first kappa shape index (κ1) is 13.0. The Bertz CT molecular complexity index is 391. The van der Waals surface area contributed by atoms with Crippen LogP contribution in [0.3, 0.4) is 0 Å². The lowest BCUT2D eigenvalue weighted by molar-refractivity contribution is -0.116. The Labute approximate surface area is 105 Å². The summed E-state index contributed by atoms with van der Waals surface area (Å²) in [4.78, 5) is 11.5. The number of carbonyl (C=O) groups is 1. The summed E-state index contributed by atoms with van der Waals surface area (Å²) >= 11 is 3.41. The molecule has 0 fully saturated rings. The summed E-state index contributed by atoms with van der Waals surface area (Å²) in [5, 5.41) is 2.85. The number of aryl methyl sites for hydroxylation is 1. The van der Waals surface area contributed by atoms with Gasteiger partial charge in [-0.05, 0) is 47.0 Å². The highest BCUT2D eigenvalue weighted by Crippen LogP contribution is 2.27. The number of rotatable bonds is 4. The van der Waals surface area contributed by atoms with Gasteiger partial charge in [0.05, 0.1) is 5.69 Å². The summed E-state index contributed by atoms with van der Waals surface area (Å²) in [5.41, 5.74) is 8.22. The Hall–Kier alpha value is -1.03. The maximum Gasteiger partial charge on any atom is 0.224 e. The lowest BCUT2D eigenvalue weighted by Crippen LogP contribution is -2.11. The normalized spacial score (nSPS) is 10.2. The van der Waals surface area contributed by atoms with Gasteiger partial charge in [-0.25, -0.2) is 0 Å². The topological polar surface area (TPSA) is 55.1 Å². The summed E-state index contributed by atoms with van der Waals surface area (Å²) in [6.45, 7) is 4.00. The van der Waals surface area contributed by atoms with Gasteiger partial charge >= 0.3 is 0 Å². The van der Waals surface area contributed by atoms with Crippen molar-refractivity contribution < 1.29 is 4.79 Å². The van der Waals surface area contributed by atoms with E-state index in [1.807, 2.05) is 13.0 Å². The molecule has 0 atom stereocenters. The minimum atomic E-state index is 0.0332. The first-order valence-corrected chi connectivity index (χ1v) is 6.19. The molecule has 4 heteroatoms. The lowest BCUT2D eigenvalue weighted by atomic mass is 10.2. The number of amides is 1. The van der Waals surface area contributed by atoms with Gasteiger partial charge in [0.15, 0.2) is 0 Å². The van der Waals surface area contributed by atoms with Crippen LogP contribution in [0.15, 0.2) is 16.6 Å². The molecule has 0 saturated heterocycles. The van der Waals surface area contributed by atoms with E-state index in [-0.39, 0.29) is 5.91 Å². The zero-order valence-electron chi connectivity index (χ0n) is 9.64. The molecule has 0 aliphatic carbocycles. The second-order valence-corrected chi connectivity index (χ2v) is 4.69. The first-order chi connectivity index (χ1) is 7.54. The number of carbonyl (C=O) groups excluding carboxylic acids is 1. The summed E-state index contributed by atoms with van der Waals surface area (Å²) in [5.74, 6) is 0.0332. The van der Waals surface area contributed by atoms with Gasteiger partial charge in [0.1, 0.15) is 0 Å². The SMILES string of the molecule is CCCCC(=O)Nc1cc(N)c(C)cc1Br. The number of anilines is 2. The van der Waals surface area contributed by atoms with E-state index in [9.17, 15) is 4.79 Å². The van der Waals surface area contributed by atoms with E-state index in [0.717, 1.165) is 28.6 Å². The summed E-state index contributed by atoms with van der Waals surface area (Å²) in [6.07, 6.45) is 2.48. The Kier molecular flexibility index (Phi) is 4.80. The maximum atomic E-state index is 11.5. The zero-order chi connectivity index (χ0) is 12.1. The van der Waals surface area contributed by atoms with Crippen LogP contribution in [0, 0.1) is 6.92 Å². The van der Waals surface area contributed by atoms with E-state index in [2.05, 4.69) is 28.2 Å². The minimum Gasteiger partial charge on any atom is -0.398 e. The van der Waals surface area contributed by atoms with E-state index in [0.29, 0.717) is 12.1 Å². The van der Waals surface area contributed by atoms with E-state index < -0.39 is 0 Å². The molecule has 0 saturated carbocycles. The molecule has 3 N–H and O–H groups in total. The Balaban J connectivity index is 2.73. The number of hydrogen-bond donors (Lipinski definition) is 2. The van der Waals surface area contributed by atoms with Gasteiger partial charge in [0.2, 0.25) is 5.91 Å². The number of nitrogens with two attached hydrogens (primary N) is 1. The summed E-state index contributed by atoms with van der Waals surface area (Å²) < 4.78 is 0.865. The molecular weight excluding hydrogens is 268 g/mol. The van der Waals surface area contributed by atoms with Gasteiger partial charge in [-0.1, -0.05) is 13.3 Å². The van der Waals surface area contributed by atoms with Gasteiger partial charge < -0.3 is 11.1 Å². The number of nitrogen functional groups attached to an aromatic ring is 1. The van der Waals surface area contributed by atoms with Crippen molar-refractivity contribution in [3.8, 4) is 0 Å². The number of benzene rings is 1. The van der Waals surface area contributed by atoms with Gasteiger partial charge in [0.25, 0.3) is 0 Å². The van der Waals surface area contributed by atoms with Crippen molar-refractivity contribution in [1.82, 2.24) is 0 Å². The molecule has 0 aliphatic rings. The molecule has 0 radical (unpaired) electrons. The third-order valence-corrected chi connectivity index (χ3v) is 3.04. The standard InChI is InChI=1S/C12H17BrN2O/c1-3-4-5-12(16)15-11-7-10(14)8(2)6-9(11)13/h6-7H,3-5,14H2,1-2H3,(H,15,16). The predicted molar refractivity (Wildman–Crippen MR) is 71.4 cm³/mol. The van der Waals surface area contributed by atoms with Crippen molar-refractivity contribution >= 4 is 33.2 Å². The van der Waals surface area contributed by atoms with E-state index in [1.165, 1.54) is 0 Å². The molecule has 0 aliphatic heterocycles. The fourth-order valence-corrected chi connectivity index (χ4v) is 1.89. The molecule has 1 rings (SSSR count). The molecule has 0 heterocycles. The molecular formula is C12H17BrN2O. The predicted octanol–water partition coefficient (Wildman–Crippen LogP) is 3.47. The second-order valence-electron chi connectivity index (χ2n) is 3.84. The molecule has 0 spiro atoms. The quantitative estimate of drug-likeness (QED) is 0.832. The average molecular weight is 285 g/mol. The van der Waals surface area contributed by atoms with Gasteiger partial charge in [-0.2, -0.15) is 0 Å². The van der Waals surface area contributed by atoms with Crippen LogP contribution in [0.25, 0.3) is 0 Å². The van der Waals surface area contributed by atoms with E-state index >= 15 is 0 Å². The van der Waals surface area contributed by atoms with Crippen LogP contribution in [0.1, 0.15) is 31.7 Å². The van der Waals surface area contributed by atoms with Crippen LogP contribution in [-0.2, 0) is 4.79 Å². The summed E-state index contributed by atoms with van der Waals surface area (Å²) in [7, 11) is 0. The van der Waals surface area contributed by atoms with Crippen molar-refractivity contribution in [3.63, 3.8) is 0 Å². The maximum absolute atomic E-state index is 11.5. The van der Waals surface area contributed by atoms with Crippen LogP contribution in [-0.4, -0.2) is 5.91 Å². The lowest BCUT2D eigenvalue weighted by Gasteiger charge is -2.09. The van der Waals surface area contributed by atoms with Crippen molar-refractivity contribution in [2.75, 3.05) is 11.1 Å². The largest absolute Gasteiger partial charge is 0.398 e. The second kappa shape index (κ2) is 5.89. The number of nitrogens with one attached hydrogen (secondary N) is 1. The highest BCUT2D eigenvalue weighted by Gasteiger charge is 2.07. The van der Waals surface area contributed by atoms with Crippen molar-refractivity contribution in [1.29, 1.82) is 0 Å². The Morgan fingerprint density at radius 2 is 2.19 bits per heavy atom. The Morgan fingerprint density at radius 3 is 2.81 bits per heavy atom. The number of hydrogen-bond acceptors (Lipinski definition) is 2. The smallest absolute Gasteiger partial charge is 0.224 e. The molecule has 0 aromatic heterocycles. The minimum absolute atomic E-state index is 0.0332. The molecule has 1 amide bonds. The van der Waals surface area contributed by atoms with Gasteiger partial charge in [-0.3, -0.25) is 4.79 Å².